The third kappa shape index (κ3) is 4.40. The van der Waals surface area contributed by atoms with Gasteiger partial charge in [0, 0.05) is 26.7 Å². The van der Waals surface area contributed by atoms with Crippen molar-refractivity contribution >= 4 is 21.6 Å². The Morgan fingerprint density at radius 2 is 1.88 bits per heavy atom. The summed E-state index contributed by atoms with van der Waals surface area (Å²) < 4.78 is 27.0. The van der Waals surface area contributed by atoms with Crippen LogP contribution in [0.3, 0.4) is 0 Å². The maximum absolute atomic E-state index is 12.7. The first kappa shape index (κ1) is 20.3. The number of rotatable bonds is 6. The first-order valence-corrected chi connectivity index (χ1v) is 10.2. The van der Waals surface area contributed by atoms with Crippen LogP contribution in [0.2, 0.25) is 0 Å². The molecule has 1 aromatic heterocycles. The van der Waals surface area contributed by atoms with Gasteiger partial charge in [0.25, 0.3) is 5.56 Å². The van der Waals surface area contributed by atoms with Gasteiger partial charge in [0.05, 0.1) is 12.8 Å². The standard InChI is InChI=1S/C15H25N5O5S/c1-18-13(16)12(14(22)19(2)15(18)23)11(21)9-20-7-5-4-6-10(20)8-17-26(3,24)25/h10,17H,4-9,16H2,1-3H3/t10-/m1/s1. The molecule has 0 saturated carbocycles. The zero-order valence-electron chi connectivity index (χ0n) is 15.2. The van der Waals surface area contributed by atoms with Crippen LogP contribution in [0, 0.1) is 0 Å². The van der Waals surface area contributed by atoms with Gasteiger partial charge in [-0.15, -0.1) is 0 Å². The second-order valence-corrected chi connectivity index (χ2v) is 8.46. The van der Waals surface area contributed by atoms with Crippen LogP contribution in [-0.2, 0) is 24.1 Å². The van der Waals surface area contributed by atoms with Crippen LogP contribution in [0.1, 0.15) is 29.6 Å². The number of nitrogens with two attached hydrogens (primary N) is 1. The molecule has 1 saturated heterocycles. The fraction of sp³-hybridized carbons (Fsp3) is 0.667. The van der Waals surface area contributed by atoms with Crippen LogP contribution in [0.15, 0.2) is 9.59 Å². The average Bonchev–Trinajstić information content (AvgIpc) is 2.57. The van der Waals surface area contributed by atoms with E-state index in [1.807, 2.05) is 4.90 Å². The van der Waals surface area contributed by atoms with Crippen LogP contribution >= 0.6 is 0 Å². The Morgan fingerprint density at radius 1 is 1.23 bits per heavy atom. The molecule has 146 valence electrons. The summed E-state index contributed by atoms with van der Waals surface area (Å²) in [5.41, 5.74) is 4.29. The number of likely N-dealkylation sites (tertiary alicyclic amines) is 1. The number of nitrogen functional groups attached to an aromatic ring is 1. The SMILES string of the molecule is Cn1c(N)c(C(=O)CN2CCCC[C@@H]2CNS(C)(=O)=O)c(=O)n(C)c1=O. The van der Waals surface area contributed by atoms with E-state index in [0.29, 0.717) is 6.54 Å². The number of hydrogen-bond acceptors (Lipinski definition) is 7. The Bertz CT molecular complexity index is 918. The number of aromatic nitrogens is 2. The number of carbonyl (C=O) groups excluding carboxylic acids is 1. The van der Waals surface area contributed by atoms with Gasteiger partial charge < -0.3 is 5.73 Å². The van der Waals surface area contributed by atoms with Crippen molar-refractivity contribution in [1.29, 1.82) is 0 Å². The lowest BCUT2D eigenvalue weighted by molar-refractivity contribution is 0.0846. The summed E-state index contributed by atoms with van der Waals surface area (Å²) in [5.74, 6) is -0.643. The number of piperidine rings is 1. The van der Waals surface area contributed by atoms with Gasteiger partial charge in [0.1, 0.15) is 11.4 Å². The Labute approximate surface area is 151 Å². The predicted octanol–water partition coefficient (Wildman–Crippen LogP) is -1.75. The van der Waals surface area contributed by atoms with E-state index in [2.05, 4.69) is 4.72 Å². The van der Waals surface area contributed by atoms with Crippen LogP contribution in [0.25, 0.3) is 0 Å². The maximum atomic E-state index is 12.7. The number of nitrogens with zero attached hydrogens (tertiary/aromatic N) is 3. The Balaban J connectivity index is 2.25. The molecule has 0 amide bonds. The van der Waals surface area contributed by atoms with Crippen LogP contribution in [0.4, 0.5) is 5.82 Å². The van der Waals surface area contributed by atoms with E-state index in [0.717, 1.165) is 34.7 Å². The molecule has 0 bridgehead atoms. The average molecular weight is 387 g/mol. The van der Waals surface area contributed by atoms with E-state index >= 15 is 0 Å². The fourth-order valence-electron chi connectivity index (χ4n) is 3.13. The molecule has 2 heterocycles. The highest BCUT2D eigenvalue weighted by Crippen LogP contribution is 2.17. The van der Waals surface area contributed by atoms with Crippen LogP contribution in [0.5, 0.6) is 0 Å². The normalized spacial score (nSPS) is 18.8. The second-order valence-electron chi connectivity index (χ2n) is 6.63. The molecule has 0 spiro atoms. The van der Waals surface area contributed by atoms with E-state index in [4.69, 9.17) is 5.73 Å². The van der Waals surface area contributed by atoms with E-state index in [1.54, 1.807) is 0 Å². The third-order valence-electron chi connectivity index (χ3n) is 4.67. The smallest absolute Gasteiger partial charge is 0.332 e. The summed E-state index contributed by atoms with van der Waals surface area (Å²) in [7, 11) is -0.641. The van der Waals surface area contributed by atoms with Gasteiger partial charge in [-0.3, -0.25) is 23.6 Å². The summed E-state index contributed by atoms with van der Waals surface area (Å²) in [5, 5.41) is 0. The largest absolute Gasteiger partial charge is 0.384 e. The minimum Gasteiger partial charge on any atom is -0.384 e. The van der Waals surface area contributed by atoms with E-state index in [-0.39, 0.29) is 30.5 Å². The number of carbonyl (C=O) groups is 1. The zero-order valence-corrected chi connectivity index (χ0v) is 16.0. The zero-order chi connectivity index (χ0) is 19.6. The molecule has 1 aliphatic rings. The van der Waals surface area contributed by atoms with Crippen molar-refractivity contribution in [2.75, 3.05) is 31.6 Å². The first-order valence-electron chi connectivity index (χ1n) is 8.30. The summed E-state index contributed by atoms with van der Waals surface area (Å²) in [6.45, 7) is 0.758. The van der Waals surface area contributed by atoms with Crippen molar-refractivity contribution < 1.29 is 13.2 Å². The predicted molar refractivity (Wildman–Crippen MR) is 97.7 cm³/mol. The van der Waals surface area contributed by atoms with Gasteiger partial charge in [-0.1, -0.05) is 6.42 Å². The van der Waals surface area contributed by atoms with Crippen molar-refractivity contribution in [3.8, 4) is 0 Å². The molecule has 10 nitrogen and oxygen atoms in total. The number of nitrogens with one attached hydrogen (secondary N) is 1. The molecule has 0 aliphatic carbocycles. The van der Waals surface area contributed by atoms with Gasteiger partial charge >= 0.3 is 5.69 Å². The van der Waals surface area contributed by atoms with Crippen molar-refractivity contribution in [3.05, 3.63) is 26.4 Å². The molecular weight excluding hydrogens is 362 g/mol. The number of hydrogen-bond donors (Lipinski definition) is 2. The first-order chi connectivity index (χ1) is 12.0. The molecule has 3 N–H and O–H groups in total. The molecule has 2 rings (SSSR count). The molecule has 11 heteroatoms. The van der Waals surface area contributed by atoms with Crippen molar-refractivity contribution in [3.63, 3.8) is 0 Å². The van der Waals surface area contributed by atoms with Gasteiger partial charge in [-0.05, 0) is 19.4 Å². The number of sulfonamides is 1. The lowest BCUT2D eigenvalue weighted by Gasteiger charge is -2.35. The summed E-state index contributed by atoms with van der Waals surface area (Å²) in [4.78, 5) is 38.8. The molecule has 0 radical (unpaired) electrons. The van der Waals surface area contributed by atoms with Crippen molar-refractivity contribution in [2.24, 2.45) is 14.1 Å². The molecule has 1 aliphatic heterocycles. The number of Topliss-reactive ketones (excluding diaryl/α,β-unsaturated/α-hetero) is 1. The molecule has 1 fully saturated rings. The quantitative estimate of drug-likeness (QED) is 0.553. The van der Waals surface area contributed by atoms with Gasteiger partial charge in [-0.25, -0.2) is 17.9 Å². The van der Waals surface area contributed by atoms with E-state index in [1.165, 1.54) is 14.1 Å². The Hall–Kier alpha value is -1.98. The number of anilines is 1. The summed E-state index contributed by atoms with van der Waals surface area (Å²) in [6, 6.07) is -0.139. The number of ketones is 1. The van der Waals surface area contributed by atoms with Gasteiger partial charge in [-0.2, -0.15) is 0 Å². The molecule has 1 aromatic rings. The lowest BCUT2D eigenvalue weighted by Crippen LogP contribution is -2.49. The molecule has 0 unspecified atom stereocenters. The van der Waals surface area contributed by atoms with Gasteiger partial charge in [0.15, 0.2) is 5.78 Å². The minimum absolute atomic E-state index is 0.0618. The molecule has 1 atom stereocenters. The monoisotopic (exact) mass is 387 g/mol. The van der Waals surface area contributed by atoms with Crippen molar-refractivity contribution in [1.82, 2.24) is 18.8 Å². The second kappa shape index (κ2) is 7.72. The van der Waals surface area contributed by atoms with Crippen LogP contribution < -0.4 is 21.7 Å². The summed E-state index contributed by atoms with van der Waals surface area (Å²) in [6.07, 6.45) is 3.64. The fourth-order valence-corrected chi connectivity index (χ4v) is 3.63. The minimum atomic E-state index is -3.33. The van der Waals surface area contributed by atoms with Gasteiger partial charge in [0.2, 0.25) is 10.0 Å². The highest BCUT2D eigenvalue weighted by Gasteiger charge is 2.28. The maximum Gasteiger partial charge on any atom is 0.332 e. The lowest BCUT2D eigenvalue weighted by atomic mass is 10.0. The third-order valence-corrected chi connectivity index (χ3v) is 5.36. The van der Waals surface area contributed by atoms with E-state index in [9.17, 15) is 22.8 Å². The van der Waals surface area contributed by atoms with Crippen molar-refractivity contribution in [2.45, 2.75) is 25.3 Å². The summed E-state index contributed by atoms with van der Waals surface area (Å²) >= 11 is 0. The molecule has 0 aromatic carbocycles. The Morgan fingerprint density at radius 3 is 2.50 bits per heavy atom. The highest BCUT2D eigenvalue weighted by molar-refractivity contribution is 7.88. The van der Waals surface area contributed by atoms with E-state index < -0.39 is 27.1 Å². The topological polar surface area (TPSA) is 136 Å². The Kier molecular flexibility index (Phi) is 6.04. The van der Waals surface area contributed by atoms with Crippen LogP contribution in [-0.4, -0.2) is 60.2 Å². The molecule has 26 heavy (non-hydrogen) atoms. The highest BCUT2D eigenvalue weighted by atomic mass is 32.2. The molecular formula is C15H25N5O5S.